The number of ether oxygens (including phenoxy) is 1. The van der Waals surface area contributed by atoms with Gasteiger partial charge in [0.05, 0.1) is 12.5 Å². The van der Waals surface area contributed by atoms with Gasteiger partial charge in [0, 0.05) is 31.9 Å². The van der Waals surface area contributed by atoms with Gasteiger partial charge in [0.2, 0.25) is 5.95 Å². The Hall–Kier alpha value is -1.85. The summed E-state index contributed by atoms with van der Waals surface area (Å²) in [7, 11) is 3.94. The summed E-state index contributed by atoms with van der Waals surface area (Å²) in [4.78, 5) is 22.7. The minimum Gasteiger partial charge on any atom is -0.466 e. The molecule has 6 heteroatoms. The number of hydrogen-bond acceptors (Lipinski definition) is 6. The van der Waals surface area contributed by atoms with Crippen molar-refractivity contribution in [2.45, 2.75) is 45.6 Å². The van der Waals surface area contributed by atoms with E-state index in [1.165, 1.54) is 0 Å². The topological polar surface area (TPSA) is 67.3 Å². The van der Waals surface area contributed by atoms with Crippen molar-refractivity contribution in [2.24, 2.45) is 5.92 Å². The maximum absolute atomic E-state index is 11.8. The number of anilines is 2. The third kappa shape index (κ3) is 4.32. The lowest BCUT2D eigenvalue weighted by Crippen LogP contribution is -2.31. The standard InChI is InChI=1S/C16H26N4O2/c1-5-22-15(21)12-6-8-13(9-7-12)18-16-17-11(2)10-14(19-16)20(3)4/h10,12-13H,5-9H2,1-4H3,(H,17,18,19). The van der Waals surface area contributed by atoms with Crippen LogP contribution < -0.4 is 10.2 Å². The summed E-state index contributed by atoms with van der Waals surface area (Å²) in [5, 5.41) is 3.41. The number of hydrogen-bond donors (Lipinski definition) is 1. The average molecular weight is 306 g/mol. The number of nitrogens with one attached hydrogen (secondary N) is 1. The Bertz CT molecular complexity index is 511. The Kier molecular flexibility index (Phi) is 5.57. The van der Waals surface area contributed by atoms with Gasteiger partial charge in [0.1, 0.15) is 5.82 Å². The highest BCUT2D eigenvalue weighted by Gasteiger charge is 2.27. The van der Waals surface area contributed by atoms with Gasteiger partial charge in [-0.05, 0) is 39.5 Å². The van der Waals surface area contributed by atoms with Crippen molar-refractivity contribution in [2.75, 3.05) is 30.9 Å². The van der Waals surface area contributed by atoms with Crippen LogP contribution in [-0.4, -0.2) is 42.7 Å². The Balaban J connectivity index is 1.92. The molecule has 0 aliphatic heterocycles. The molecule has 0 atom stereocenters. The van der Waals surface area contributed by atoms with Crippen molar-refractivity contribution in [3.63, 3.8) is 0 Å². The average Bonchev–Trinajstić information content (AvgIpc) is 2.47. The minimum atomic E-state index is -0.0531. The monoisotopic (exact) mass is 306 g/mol. The first-order valence-corrected chi connectivity index (χ1v) is 7.95. The molecule has 1 saturated carbocycles. The van der Waals surface area contributed by atoms with Crippen LogP contribution in [0.25, 0.3) is 0 Å². The molecule has 1 aliphatic rings. The maximum Gasteiger partial charge on any atom is 0.308 e. The summed E-state index contributed by atoms with van der Waals surface area (Å²) in [5.41, 5.74) is 0.946. The molecule has 122 valence electrons. The first-order valence-electron chi connectivity index (χ1n) is 7.95. The molecule has 0 radical (unpaired) electrons. The van der Waals surface area contributed by atoms with Crippen molar-refractivity contribution in [1.29, 1.82) is 0 Å². The SMILES string of the molecule is CCOC(=O)C1CCC(Nc2nc(C)cc(N(C)C)n2)CC1. The molecule has 1 fully saturated rings. The van der Waals surface area contributed by atoms with Crippen LogP contribution in [0, 0.1) is 12.8 Å². The number of rotatable bonds is 5. The van der Waals surface area contributed by atoms with Crippen LogP contribution in [0.15, 0.2) is 6.07 Å². The Labute approximate surface area is 132 Å². The molecule has 22 heavy (non-hydrogen) atoms. The lowest BCUT2D eigenvalue weighted by Gasteiger charge is -2.28. The number of esters is 1. The van der Waals surface area contributed by atoms with E-state index in [2.05, 4.69) is 15.3 Å². The first kappa shape index (κ1) is 16.5. The highest BCUT2D eigenvalue weighted by atomic mass is 16.5. The molecule has 2 rings (SSSR count). The first-order chi connectivity index (χ1) is 10.5. The zero-order chi connectivity index (χ0) is 16.1. The van der Waals surface area contributed by atoms with E-state index in [1.807, 2.05) is 38.9 Å². The van der Waals surface area contributed by atoms with Gasteiger partial charge in [-0.2, -0.15) is 4.98 Å². The van der Waals surface area contributed by atoms with Crippen LogP contribution in [0.4, 0.5) is 11.8 Å². The molecule has 0 saturated heterocycles. The summed E-state index contributed by atoms with van der Waals surface area (Å²) in [6, 6.07) is 2.28. The highest BCUT2D eigenvalue weighted by molar-refractivity contribution is 5.72. The van der Waals surface area contributed by atoms with Crippen molar-refractivity contribution in [1.82, 2.24) is 9.97 Å². The van der Waals surface area contributed by atoms with E-state index >= 15 is 0 Å². The molecular weight excluding hydrogens is 280 g/mol. The largest absolute Gasteiger partial charge is 0.466 e. The van der Waals surface area contributed by atoms with Crippen LogP contribution in [-0.2, 0) is 9.53 Å². The number of carbonyl (C=O) groups is 1. The van der Waals surface area contributed by atoms with Gasteiger partial charge in [-0.1, -0.05) is 0 Å². The van der Waals surface area contributed by atoms with E-state index in [-0.39, 0.29) is 11.9 Å². The van der Waals surface area contributed by atoms with E-state index in [0.29, 0.717) is 18.6 Å². The van der Waals surface area contributed by atoms with Gasteiger partial charge in [-0.3, -0.25) is 4.79 Å². The van der Waals surface area contributed by atoms with Gasteiger partial charge in [0.15, 0.2) is 0 Å². The molecule has 1 aromatic rings. The Morgan fingerprint density at radius 1 is 1.32 bits per heavy atom. The molecule has 0 bridgehead atoms. The van der Waals surface area contributed by atoms with Gasteiger partial charge in [-0.25, -0.2) is 4.98 Å². The van der Waals surface area contributed by atoms with Gasteiger partial charge in [-0.15, -0.1) is 0 Å². The summed E-state index contributed by atoms with van der Waals surface area (Å²) >= 11 is 0. The summed E-state index contributed by atoms with van der Waals surface area (Å²) in [6.07, 6.45) is 3.61. The van der Waals surface area contributed by atoms with Crippen LogP contribution in [0.1, 0.15) is 38.3 Å². The summed E-state index contributed by atoms with van der Waals surface area (Å²) in [6.45, 7) is 4.28. The van der Waals surface area contributed by atoms with E-state index in [4.69, 9.17) is 4.74 Å². The second kappa shape index (κ2) is 7.42. The lowest BCUT2D eigenvalue weighted by molar-refractivity contribution is -0.149. The fraction of sp³-hybridized carbons (Fsp3) is 0.688. The van der Waals surface area contributed by atoms with Crippen LogP contribution in [0.5, 0.6) is 0 Å². The third-order valence-electron chi connectivity index (χ3n) is 3.98. The molecule has 1 N–H and O–H groups in total. The number of nitrogens with zero attached hydrogens (tertiary/aromatic N) is 3. The Morgan fingerprint density at radius 2 is 2.00 bits per heavy atom. The molecule has 0 aromatic carbocycles. The van der Waals surface area contributed by atoms with Gasteiger partial charge in [0.25, 0.3) is 0 Å². The van der Waals surface area contributed by atoms with E-state index in [1.54, 1.807) is 0 Å². The van der Waals surface area contributed by atoms with Crippen LogP contribution in [0.3, 0.4) is 0 Å². The second-order valence-electron chi connectivity index (χ2n) is 6.03. The Morgan fingerprint density at radius 3 is 2.59 bits per heavy atom. The second-order valence-corrected chi connectivity index (χ2v) is 6.03. The van der Waals surface area contributed by atoms with Crippen LogP contribution >= 0.6 is 0 Å². The van der Waals surface area contributed by atoms with E-state index in [0.717, 1.165) is 37.2 Å². The minimum absolute atomic E-state index is 0.0498. The highest BCUT2D eigenvalue weighted by Crippen LogP contribution is 2.27. The van der Waals surface area contributed by atoms with Crippen molar-refractivity contribution in [3.8, 4) is 0 Å². The predicted molar refractivity (Wildman–Crippen MR) is 87.1 cm³/mol. The lowest BCUT2D eigenvalue weighted by atomic mass is 9.86. The molecular formula is C16H26N4O2. The zero-order valence-electron chi connectivity index (χ0n) is 13.9. The number of aryl methyl sites for hydroxylation is 1. The van der Waals surface area contributed by atoms with Gasteiger partial charge < -0.3 is 15.0 Å². The van der Waals surface area contributed by atoms with Gasteiger partial charge >= 0.3 is 5.97 Å². The normalized spacial score (nSPS) is 21.3. The molecule has 0 spiro atoms. The summed E-state index contributed by atoms with van der Waals surface area (Å²) in [5.74, 6) is 1.56. The fourth-order valence-corrected chi connectivity index (χ4v) is 2.76. The predicted octanol–water partition coefficient (Wildman–Crippen LogP) is 2.38. The molecule has 0 unspecified atom stereocenters. The summed E-state index contributed by atoms with van der Waals surface area (Å²) < 4.78 is 5.10. The molecule has 0 amide bonds. The fourth-order valence-electron chi connectivity index (χ4n) is 2.76. The number of aromatic nitrogens is 2. The maximum atomic E-state index is 11.8. The molecule has 6 nitrogen and oxygen atoms in total. The number of carbonyl (C=O) groups excluding carboxylic acids is 1. The van der Waals surface area contributed by atoms with Crippen molar-refractivity contribution >= 4 is 17.7 Å². The quantitative estimate of drug-likeness (QED) is 0.843. The van der Waals surface area contributed by atoms with E-state index < -0.39 is 0 Å². The third-order valence-corrected chi connectivity index (χ3v) is 3.98. The molecule has 1 aromatic heterocycles. The molecule has 1 heterocycles. The zero-order valence-corrected chi connectivity index (χ0v) is 13.9. The van der Waals surface area contributed by atoms with E-state index in [9.17, 15) is 4.79 Å². The molecule has 1 aliphatic carbocycles. The smallest absolute Gasteiger partial charge is 0.308 e. The van der Waals surface area contributed by atoms with Crippen molar-refractivity contribution < 1.29 is 9.53 Å². The van der Waals surface area contributed by atoms with Crippen molar-refractivity contribution in [3.05, 3.63) is 11.8 Å². The van der Waals surface area contributed by atoms with Crippen LogP contribution in [0.2, 0.25) is 0 Å².